The van der Waals surface area contributed by atoms with Crippen LogP contribution in [0, 0.1) is 12.7 Å². The maximum Gasteiger partial charge on any atom is 0.204 e. The number of nitrogens with zero attached hydrogens (tertiary/aromatic N) is 4. The van der Waals surface area contributed by atoms with Crippen molar-refractivity contribution in [2.75, 3.05) is 0 Å². The smallest absolute Gasteiger partial charge is 0.204 e. The van der Waals surface area contributed by atoms with E-state index in [2.05, 4.69) is 70.8 Å². The molecule has 3 rings (SSSR count). The highest BCUT2D eigenvalue weighted by molar-refractivity contribution is 5.88. The average molecular weight is 326 g/mol. The summed E-state index contributed by atoms with van der Waals surface area (Å²) < 4.78 is 9.16. The first kappa shape index (κ1) is 17.0. The Morgan fingerprint density at radius 3 is 1.46 bits per heavy atom. The van der Waals surface area contributed by atoms with E-state index in [1.54, 1.807) is 0 Å². The molecule has 24 heavy (non-hydrogen) atoms. The number of rotatable bonds is 8. The van der Waals surface area contributed by atoms with Gasteiger partial charge in [-0.1, -0.05) is 39.8 Å². The third-order valence-corrected chi connectivity index (χ3v) is 4.51. The SMILES string of the molecule is CCCn1[c-][n+](CCC)c2cc3c(cc21)[n+](CCC)[c-]n3CCC. The average Bonchev–Trinajstić information content (AvgIpc) is 3.07. The molecule has 2 aromatic heterocycles. The van der Waals surface area contributed by atoms with Crippen LogP contribution in [0.5, 0.6) is 0 Å². The molecular weight excluding hydrogens is 296 g/mol. The van der Waals surface area contributed by atoms with Crippen molar-refractivity contribution in [2.24, 2.45) is 0 Å². The molecule has 0 aliphatic carbocycles. The molecule has 0 radical (unpaired) electrons. The minimum absolute atomic E-state index is 1.02. The predicted molar refractivity (Wildman–Crippen MR) is 96.7 cm³/mol. The summed E-state index contributed by atoms with van der Waals surface area (Å²) in [5, 5.41) is 0. The topological polar surface area (TPSA) is 17.6 Å². The second-order valence-electron chi connectivity index (χ2n) is 6.64. The first-order chi connectivity index (χ1) is 11.7. The second kappa shape index (κ2) is 7.37. The molecular formula is C20H30N4. The van der Waals surface area contributed by atoms with E-state index < -0.39 is 0 Å². The third-order valence-electron chi connectivity index (χ3n) is 4.51. The molecule has 130 valence electrons. The van der Waals surface area contributed by atoms with Crippen LogP contribution in [0.2, 0.25) is 0 Å². The van der Waals surface area contributed by atoms with Gasteiger partial charge in [0.15, 0.2) is 0 Å². The summed E-state index contributed by atoms with van der Waals surface area (Å²) in [5.41, 5.74) is 5.19. The van der Waals surface area contributed by atoms with E-state index in [0.717, 1.165) is 51.9 Å². The van der Waals surface area contributed by atoms with Gasteiger partial charge < -0.3 is 18.3 Å². The molecule has 3 aromatic rings. The minimum atomic E-state index is 1.02. The van der Waals surface area contributed by atoms with Crippen LogP contribution in [0.25, 0.3) is 22.1 Å². The molecule has 0 aliphatic rings. The Bertz CT molecular complexity index is 695. The van der Waals surface area contributed by atoms with Crippen molar-refractivity contribution >= 4 is 22.1 Å². The normalized spacial score (nSPS) is 11.8. The van der Waals surface area contributed by atoms with Gasteiger partial charge in [0.1, 0.15) is 0 Å². The Hall–Kier alpha value is -1.84. The summed E-state index contributed by atoms with van der Waals surface area (Å²) in [5.74, 6) is 0. The van der Waals surface area contributed by atoms with Gasteiger partial charge in [0, 0.05) is 22.1 Å². The van der Waals surface area contributed by atoms with Crippen molar-refractivity contribution in [1.29, 1.82) is 0 Å². The molecule has 4 nitrogen and oxygen atoms in total. The van der Waals surface area contributed by atoms with Gasteiger partial charge in [-0.2, -0.15) is 0 Å². The van der Waals surface area contributed by atoms with E-state index >= 15 is 0 Å². The molecule has 0 fully saturated rings. The molecule has 4 heteroatoms. The highest BCUT2D eigenvalue weighted by Crippen LogP contribution is 2.20. The Labute approximate surface area is 145 Å². The zero-order valence-corrected chi connectivity index (χ0v) is 15.6. The highest BCUT2D eigenvalue weighted by atomic mass is 15.2. The fourth-order valence-electron chi connectivity index (χ4n) is 3.50. The molecule has 0 bridgehead atoms. The van der Waals surface area contributed by atoms with Gasteiger partial charge in [0.25, 0.3) is 0 Å². The standard InChI is InChI=1S/C20H30N4/c1-5-9-21-15-22(10-6-2)18-14-20-19(13-17(18)21)23(11-7-3)16-24(20)12-8-4/h13-14H,5-12H2,1-4H3. The van der Waals surface area contributed by atoms with Gasteiger partial charge in [0.05, 0.1) is 26.2 Å². The molecule has 0 saturated carbocycles. The molecule has 0 amide bonds. The highest BCUT2D eigenvalue weighted by Gasteiger charge is 2.11. The van der Waals surface area contributed by atoms with Crippen LogP contribution < -0.4 is 9.13 Å². The van der Waals surface area contributed by atoms with Crippen molar-refractivity contribution in [3.8, 4) is 0 Å². The van der Waals surface area contributed by atoms with Crippen LogP contribution in [0.4, 0.5) is 0 Å². The Morgan fingerprint density at radius 1 is 0.708 bits per heavy atom. The molecule has 2 heterocycles. The maximum absolute atomic E-state index is 3.56. The number of imidazole rings is 2. The van der Waals surface area contributed by atoms with Crippen LogP contribution in [0.15, 0.2) is 12.1 Å². The van der Waals surface area contributed by atoms with Crippen LogP contribution in [-0.4, -0.2) is 9.13 Å². The Balaban J connectivity index is 2.26. The van der Waals surface area contributed by atoms with E-state index in [4.69, 9.17) is 0 Å². The Morgan fingerprint density at radius 2 is 1.12 bits per heavy atom. The molecule has 0 atom stereocenters. The molecule has 0 aliphatic heterocycles. The fourth-order valence-corrected chi connectivity index (χ4v) is 3.50. The second-order valence-corrected chi connectivity index (χ2v) is 6.64. The van der Waals surface area contributed by atoms with Crippen LogP contribution in [0.3, 0.4) is 0 Å². The van der Waals surface area contributed by atoms with Crippen LogP contribution in [0.1, 0.15) is 53.4 Å². The van der Waals surface area contributed by atoms with Crippen molar-refractivity contribution in [3.63, 3.8) is 0 Å². The lowest BCUT2D eigenvalue weighted by Crippen LogP contribution is -2.33. The molecule has 0 N–H and O–H groups in total. The van der Waals surface area contributed by atoms with E-state index in [-0.39, 0.29) is 0 Å². The first-order valence-electron chi connectivity index (χ1n) is 9.54. The van der Waals surface area contributed by atoms with Gasteiger partial charge in [0.2, 0.25) is 12.7 Å². The van der Waals surface area contributed by atoms with E-state index in [1.807, 2.05) is 0 Å². The van der Waals surface area contributed by atoms with Gasteiger partial charge >= 0.3 is 0 Å². The summed E-state index contributed by atoms with van der Waals surface area (Å²) in [6.45, 7) is 13.0. The number of hydrogen-bond donors (Lipinski definition) is 0. The van der Waals surface area contributed by atoms with Gasteiger partial charge in [-0.25, -0.2) is 0 Å². The van der Waals surface area contributed by atoms with Crippen molar-refractivity contribution in [3.05, 3.63) is 24.8 Å². The van der Waals surface area contributed by atoms with Crippen LogP contribution >= 0.6 is 0 Å². The quantitative estimate of drug-likeness (QED) is 0.446. The lowest BCUT2D eigenvalue weighted by atomic mass is 10.2. The molecule has 0 spiro atoms. The van der Waals surface area contributed by atoms with E-state index in [9.17, 15) is 0 Å². The van der Waals surface area contributed by atoms with Gasteiger partial charge in [-0.15, -0.1) is 0 Å². The number of benzene rings is 1. The lowest BCUT2D eigenvalue weighted by Gasteiger charge is -2.09. The van der Waals surface area contributed by atoms with Crippen molar-refractivity contribution < 1.29 is 9.13 Å². The summed E-state index contributed by atoms with van der Waals surface area (Å²) >= 11 is 0. The number of hydrogen-bond acceptors (Lipinski definition) is 0. The van der Waals surface area contributed by atoms with E-state index in [0.29, 0.717) is 0 Å². The van der Waals surface area contributed by atoms with Crippen molar-refractivity contribution in [2.45, 2.75) is 79.6 Å². The monoisotopic (exact) mass is 326 g/mol. The summed E-state index contributed by atoms with van der Waals surface area (Å²) in [7, 11) is 0. The largest absolute Gasteiger partial charge is 0.345 e. The zero-order chi connectivity index (χ0) is 17.1. The summed E-state index contributed by atoms with van der Waals surface area (Å²) in [4.78, 5) is 0. The molecule has 0 saturated heterocycles. The summed E-state index contributed by atoms with van der Waals surface area (Å²) in [6, 6.07) is 4.70. The van der Waals surface area contributed by atoms with Crippen molar-refractivity contribution in [1.82, 2.24) is 9.13 Å². The first-order valence-corrected chi connectivity index (χ1v) is 9.54. The third kappa shape index (κ3) is 2.94. The van der Waals surface area contributed by atoms with Gasteiger partial charge in [-0.05, 0) is 25.7 Å². The number of aryl methyl sites for hydroxylation is 4. The van der Waals surface area contributed by atoms with E-state index in [1.165, 1.54) is 22.1 Å². The summed E-state index contributed by atoms with van der Waals surface area (Å²) in [6.07, 6.45) is 11.6. The Kier molecular flexibility index (Phi) is 5.22. The minimum Gasteiger partial charge on any atom is -0.345 e. The molecule has 0 unspecified atom stereocenters. The maximum atomic E-state index is 3.56. The lowest BCUT2D eigenvalue weighted by molar-refractivity contribution is -0.677. The van der Waals surface area contributed by atoms with Crippen LogP contribution in [-0.2, 0) is 26.2 Å². The number of aromatic nitrogens is 4. The zero-order valence-electron chi connectivity index (χ0n) is 15.6. The number of fused-ring (bicyclic) bond motifs is 2. The predicted octanol–water partition coefficient (Wildman–Crippen LogP) is 3.41. The molecule has 1 aromatic carbocycles. The van der Waals surface area contributed by atoms with Gasteiger partial charge in [-0.3, -0.25) is 0 Å². The fraction of sp³-hybridized carbons (Fsp3) is 0.600.